The molecule has 3 aromatic heterocycles. The van der Waals surface area contributed by atoms with Crippen molar-refractivity contribution in [2.45, 2.75) is 6.54 Å². The Kier molecular flexibility index (Phi) is 3.39. The van der Waals surface area contributed by atoms with Gasteiger partial charge in [0.05, 0.1) is 12.7 Å². The van der Waals surface area contributed by atoms with Crippen LogP contribution in [0.4, 0.5) is 11.6 Å². The number of hydrogen-bond donors (Lipinski definition) is 2. The third-order valence-corrected chi connectivity index (χ3v) is 4.66. The summed E-state index contributed by atoms with van der Waals surface area (Å²) in [7, 11) is 1.85. The Bertz CT molecular complexity index is 705. The van der Waals surface area contributed by atoms with Crippen LogP contribution in [0, 0.1) is 0 Å². The van der Waals surface area contributed by atoms with Crippen molar-refractivity contribution >= 4 is 44.5 Å². The van der Waals surface area contributed by atoms with Crippen molar-refractivity contribution in [3.05, 3.63) is 39.4 Å². The Morgan fingerprint density at radius 2 is 2.37 bits per heavy atom. The van der Waals surface area contributed by atoms with Gasteiger partial charge in [0.2, 0.25) is 0 Å². The van der Waals surface area contributed by atoms with E-state index in [1.807, 2.05) is 29.9 Å². The number of imidazole rings is 1. The normalized spacial score (nSPS) is 10.8. The first-order valence-electron chi connectivity index (χ1n) is 5.75. The molecule has 0 unspecified atom stereocenters. The highest BCUT2D eigenvalue weighted by Crippen LogP contribution is 2.24. The fourth-order valence-corrected chi connectivity index (χ4v) is 3.22. The van der Waals surface area contributed by atoms with Crippen LogP contribution in [0.5, 0.6) is 0 Å². The Morgan fingerprint density at radius 1 is 1.47 bits per heavy atom. The second-order valence-electron chi connectivity index (χ2n) is 3.93. The molecule has 0 atom stereocenters. The molecular formula is C12H12BrN5S. The van der Waals surface area contributed by atoms with Crippen LogP contribution >= 0.6 is 27.3 Å². The van der Waals surface area contributed by atoms with E-state index in [0.29, 0.717) is 0 Å². The van der Waals surface area contributed by atoms with Crippen LogP contribution in [0.15, 0.2) is 34.5 Å². The highest BCUT2D eigenvalue weighted by atomic mass is 79.9. The summed E-state index contributed by atoms with van der Waals surface area (Å²) in [4.78, 5) is 10.1. The number of thiophene rings is 1. The first kappa shape index (κ1) is 12.4. The lowest BCUT2D eigenvalue weighted by atomic mass is 10.4. The number of fused-ring (bicyclic) bond motifs is 1. The lowest BCUT2D eigenvalue weighted by Gasteiger charge is -2.08. The maximum absolute atomic E-state index is 4.50. The molecule has 98 valence electrons. The van der Waals surface area contributed by atoms with Crippen molar-refractivity contribution in [2.24, 2.45) is 0 Å². The van der Waals surface area contributed by atoms with Crippen LogP contribution in [0.2, 0.25) is 0 Å². The van der Waals surface area contributed by atoms with Crippen LogP contribution in [0.3, 0.4) is 0 Å². The molecular weight excluding hydrogens is 326 g/mol. The largest absolute Gasteiger partial charge is 0.372 e. The van der Waals surface area contributed by atoms with Crippen LogP contribution in [-0.2, 0) is 6.54 Å². The zero-order valence-electron chi connectivity index (χ0n) is 10.2. The minimum Gasteiger partial charge on any atom is -0.372 e. The third-order valence-electron chi connectivity index (χ3n) is 2.74. The minimum absolute atomic E-state index is 0.723. The van der Waals surface area contributed by atoms with Crippen molar-refractivity contribution in [3.63, 3.8) is 0 Å². The molecule has 5 nitrogen and oxygen atoms in total. The summed E-state index contributed by atoms with van der Waals surface area (Å²) in [6.07, 6.45) is 5.58. The van der Waals surface area contributed by atoms with E-state index in [9.17, 15) is 0 Å². The second-order valence-corrected chi connectivity index (χ2v) is 5.78. The van der Waals surface area contributed by atoms with Crippen LogP contribution in [-0.4, -0.2) is 21.4 Å². The molecule has 2 N–H and O–H groups in total. The zero-order chi connectivity index (χ0) is 13.2. The third kappa shape index (κ3) is 2.43. The molecule has 0 aliphatic heterocycles. The van der Waals surface area contributed by atoms with Gasteiger partial charge in [-0.1, -0.05) is 0 Å². The van der Waals surface area contributed by atoms with Gasteiger partial charge < -0.3 is 15.0 Å². The van der Waals surface area contributed by atoms with Crippen molar-refractivity contribution in [2.75, 3.05) is 17.7 Å². The Hall–Kier alpha value is -1.60. The fraction of sp³-hybridized carbons (Fsp3) is 0.167. The molecule has 0 bridgehead atoms. The lowest BCUT2D eigenvalue weighted by molar-refractivity contribution is 1.08. The van der Waals surface area contributed by atoms with Gasteiger partial charge in [-0.2, -0.15) is 0 Å². The van der Waals surface area contributed by atoms with Gasteiger partial charge in [-0.25, -0.2) is 9.97 Å². The highest BCUT2D eigenvalue weighted by Gasteiger charge is 2.08. The summed E-state index contributed by atoms with van der Waals surface area (Å²) in [5, 5.41) is 8.44. The summed E-state index contributed by atoms with van der Waals surface area (Å²) in [6, 6.07) is 2.05. The fourth-order valence-electron chi connectivity index (χ4n) is 1.79. The Morgan fingerprint density at radius 3 is 3.11 bits per heavy atom. The van der Waals surface area contributed by atoms with Crippen LogP contribution in [0.25, 0.3) is 5.65 Å². The molecule has 0 spiro atoms. The Labute approximate surface area is 122 Å². The maximum atomic E-state index is 4.50. The van der Waals surface area contributed by atoms with Crippen molar-refractivity contribution in [1.29, 1.82) is 0 Å². The molecule has 0 aromatic carbocycles. The molecule has 0 fully saturated rings. The van der Waals surface area contributed by atoms with Gasteiger partial charge >= 0.3 is 0 Å². The van der Waals surface area contributed by atoms with Gasteiger partial charge in [0.1, 0.15) is 5.82 Å². The molecule has 0 aliphatic carbocycles. The molecule has 0 saturated carbocycles. The van der Waals surface area contributed by atoms with E-state index in [4.69, 9.17) is 0 Å². The van der Waals surface area contributed by atoms with Gasteiger partial charge in [-0.3, -0.25) is 0 Å². The first-order valence-corrected chi connectivity index (χ1v) is 7.42. The smallest absolute Gasteiger partial charge is 0.180 e. The van der Waals surface area contributed by atoms with Crippen molar-refractivity contribution < 1.29 is 0 Å². The molecule has 19 heavy (non-hydrogen) atoms. The molecule has 7 heteroatoms. The first-order chi connectivity index (χ1) is 9.28. The van der Waals surface area contributed by atoms with E-state index in [2.05, 4.69) is 41.9 Å². The average molecular weight is 338 g/mol. The van der Waals surface area contributed by atoms with E-state index < -0.39 is 0 Å². The predicted octanol–water partition coefficient (Wildman–Crippen LogP) is 3.21. The molecule has 3 rings (SSSR count). The Balaban J connectivity index is 1.91. The SMILES string of the molecule is CNc1cn2ccnc2c(NCc2sccc2Br)n1. The molecule has 3 heterocycles. The average Bonchev–Trinajstić information content (AvgIpc) is 3.04. The number of nitrogens with zero attached hydrogens (tertiary/aromatic N) is 3. The van der Waals surface area contributed by atoms with Gasteiger partial charge in [0, 0.05) is 28.8 Å². The summed E-state index contributed by atoms with van der Waals surface area (Å²) in [6.45, 7) is 0.723. The van der Waals surface area contributed by atoms with E-state index in [1.165, 1.54) is 4.88 Å². The van der Waals surface area contributed by atoms with E-state index in [-0.39, 0.29) is 0 Å². The molecule has 3 aromatic rings. The molecule has 0 saturated heterocycles. The topological polar surface area (TPSA) is 54.2 Å². The standard InChI is InChI=1S/C12H12BrN5S/c1-14-10-7-18-4-3-15-12(18)11(17-10)16-6-9-8(13)2-5-19-9/h2-5,7,14H,6H2,1H3,(H,16,17). The van der Waals surface area contributed by atoms with Gasteiger partial charge in [0.15, 0.2) is 11.5 Å². The van der Waals surface area contributed by atoms with E-state index in [0.717, 1.165) is 28.3 Å². The number of halogens is 1. The highest BCUT2D eigenvalue weighted by molar-refractivity contribution is 9.10. The monoisotopic (exact) mass is 337 g/mol. The van der Waals surface area contributed by atoms with Gasteiger partial charge in [-0.15, -0.1) is 11.3 Å². The van der Waals surface area contributed by atoms with Gasteiger partial charge in [0.25, 0.3) is 0 Å². The summed E-state index contributed by atoms with van der Waals surface area (Å²) in [5.41, 5.74) is 0.826. The van der Waals surface area contributed by atoms with E-state index >= 15 is 0 Å². The number of anilines is 2. The number of aromatic nitrogens is 3. The predicted molar refractivity (Wildman–Crippen MR) is 81.9 cm³/mol. The summed E-state index contributed by atoms with van der Waals surface area (Å²) < 4.78 is 3.07. The molecule has 0 amide bonds. The number of hydrogen-bond acceptors (Lipinski definition) is 5. The maximum Gasteiger partial charge on any atom is 0.180 e. The number of nitrogens with one attached hydrogen (secondary N) is 2. The summed E-state index contributed by atoms with van der Waals surface area (Å²) in [5.74, 6) is 1.58. The van der Waals surface area contributed by atoms with E-state index in [1.54, 1.807) is 17.5 Å². The van der Waals surface area contributed by atoms with Crippen molar-refractivity contribution in [3.8, 4) is 0 Å². The van der Waals surface area contributed by atoms with Crippen LogP contribution in [0.1, 0.15) is 4.88 Å². The van der Waals surface area contributed by atoms with Crippen LogP contribution < -0.4 is 10.6 Å². The molecule has 0 radical (unpaired) electrons. The quantitative estimate of drug-likeness (QED) is 0.767. The van der Waals surface area contributed by atoms with Crippen molar-refractivity contribution in [1.82, 2.24) is 14.4 Å². The van der Waals surface area contributed by atoms with Gasteiger partial charge in [-0.05, 0) is 27.4 Å². The second kappa shape index (κ2) is 5.18. The number of rotatable bonds is 4. The zero-order valence-corrected chi connectivity index (χ0v) is 12.6. The minimum atomic E-state index is 0.723. The summed E-state index contributed by atoms with van der Waals surface area (Å²) >= 11 is 5.23. The lowest BCUT2D eigenvalue weighted by Crippen LogP contribution is -2.05. The molecule has 0 aliphatic rings.